The highest BCUT2D eigenvalue weighted by molar-refractivity contribution is 7.19. The fourth-order valence-electron chi connectivity index (χ4n) is 8.93. The van der Waals surface area contributed by atoms with Gasteiger partial charge in [-0.1, -0.05) is 127 Å². The van der Waals surface area contributed by atoms with Gasteiger partial charge in [-0.3, -0.25) is 0 Å². The van der Waals surface area contributed by atoms with E-state index in [1.807, 2.05) is 0 Å². The molecule has 1 aliphatic carbocycles. The van der Waals surface area contributed by atoms with Crippen molar-refractivity contribution in [2.24, 2.45) is 0 Å². The topological polar surface area (TPSA) is 22.8 Å². The first kappa shape index (κ1) is 28.9. The fourth-order valence-corrected chi connectivity index (χ4v) is 10.0. The average Bonchev–Trinajstić information content (AvgIpc) is 3.97. The maximum Gasteiger partial charge on any atom is 0.124 e. The van der Waals surface area contributed by atoms with E-state index in [9.17, 15) is 0 Å². The quantitative estimate of drug-likeness (QED) is 0.180. The van der Waals surface area contributed by atoms with Crippen LogP contribution in [0.3, 0.4) is 0 Å². The zero-order valence-corrected chi connectivity index (χ0v) is 29.3. The van der Waals surface area contributed by atoms with Crippen LogP contribution in [0.5, 0.6) is 0 Å². The molecule has 0 atom stereocenters. The summed E-state index contributed by atoms with van der Waals surface area (Å²) in [6, 6.07) is 64.0. The van der Waals surface area contributed by atoms with Crippen molar-refractivity contribution in [1.82, 2.24) is 14.1 Å². The molecule has 0 unspecified atom stereocenters. The number of rotatable bonds is 4. The Balaban J connectivity index is 1.13. The monoisotopic (exact) mass is 691 g/mol. The Labute approximate surface area is 309 Å². The molecule has 1 aliphatic rings. The van der Waals surface area contributed by atoms with Crippen molar-refractivity contribution in [3.8, 4) is 54.8 Å². The van der Waals surface area contributed by atoms with E-state index in [4.69, 9.17) is 4.98 Å². The molecule has 0 saturated carbocycles. The molecule has 4 heteroatoms. The van der Waals surface area contributed by atoms with E-state index in [-0.39, 0.29) is 0 Å². The van der Waals surface area contributed by atoms with Crippen molar-refractivity contribution in [2.75, 3.05) is 0 Å². The van der Waals surface area contributed by atoms with Crippen LogP contribution < -0.4 is 0 Å². The van der Waals surface area contributed by atoms with Gasteiger partial charge in [0.05, 0.1) is 32.6 Å². The van der Waals surface area contributed by atoms with Crippen LogP contribution in [-0.2, 0) is 0 Å². The second-order valence-electron chi connectivity index (χ2n) is 13.9. The molecule has 0 N–H and O–H groups in total. The SMILES string of the molecule is c1ccc(-c2nc3c(s2)-c2cc(-n4c5ccccc5c5c(-c6cccc7c6c6ccccc6n7-c6ccccc6)cccc54)cc4cccc-3c24)cc1. The van der Waals surface area contributed by atoms with Gasteiger partial charge in [-0.25, -0.2) is 4.98 Å². The van der Waals surface area contributed by atoms with Crippen molar-refractivity contribution in [3.05, 3.63) is 176 Å². The first-order valence-electron chi connectivity index (χ1n) is 18.1. The molecule has 8 aromatic carbocycles. The van der Waals surface area contributed by atoms with E-state index in [0.29, 0.717) is 0 Å². The van der Waals surface area contributed by atoms with Gasteiger partial charge < -0.3 is 9.13 Å². The highest BCUT2D eigenvalue weighted by Crippen LogP contribution is 2.52. The van der Waals surface area contributed by atoms with E-state index in [0.717, 1.165) is 22.0 Å². The van der Waals surface area contributed by atoms with Crippen molar-refractivity contribution >= 4 is 65.7 Å². The summed E-state index contributed by atoms with van der Waals surface area (Å²) < 4.78 is 4.88. The Morgan fingerprint density at radius 3 is 1.62 bits per heavy atom. The minimum absolute atomic E-state index is 1.06. The normalized spacial score (nSPS) is 12.2. The van der Waals surface area contributed by atoms with E-state index in [2.05, 4.69) is 185 Å². The van der Waals surface area contributed by atoms with Crippen LogP contribution >= 0.6 is 11.3 Å². The molecule has 3 heterocycles. The van der Waals surface area contributed by atoms with Crippen LogP contribution in [-0.4, -0.2) is 14.1 Å². The zero-order valence-electron chi connectivity index (χ0n) is 28.5. The molecular weight excluding hydrogens is 663 g/mol. The molecule has 53 heavy (non-hydrogen) atoms. The van der Waals surface area contributed by atoms with E-state index >= 15 is 0 Å². The van der Waals surface area contributed by atoms with Crippen LogP contribution in [0.4, 0.5) is 0 Å². The maximum absolute atomic E-state index is 5.22. The first-order valence-corrected chi connectivity index (χ1v) is 18.9. The van der Waals surface area contributed by atoms with Crippen molar-refractivity contribution in [2.45, 2.75) is 0 Å². The maximum atomic E-state index is 5.22. The van der Waals surface area contributed by atoms with Gasteiger partial charge in [0.2, 0.25) is 0 Å². The molecular formula is C49H29N3S. The molecule has 12 rings (SSSR count). The molecule has 0 spiro atoms. The Morgan fingerprint density at radius 2 is 0.943 bits per heavy atom. The van der Waals surface area contributed by atoms with Gasteiger partial charge in [0.1, 0.15) is 5.01 Å². The zero-order chi connectivity index (χ0) is 34.6. The lowest BCUT2D eigenvalue weighted by molar-refractivity contribution is 1.18. The van der Waals surface area contributed by atoms with Gasteiger partial charge in [-0.15, -0.1) is 11.3 Å². The third-order valence-corrected chi connectivity index (χ3v) is 12.2. The molecule has 246 valence electrons. The lowest BCUT2D eigenvalue weighted by atomic mass is 9.95. The van der Waals surface area contributed by atoms with Gasteiger partial charge in [0, 0.05) is 49.6 Å². The van der Waals surface area contributed by atoms with E-state index < -0.39 is 0 Å². The fraction of sp³-hybridized carbons (Fsp3) is 0. The van der Waals surface area contributed by atoms with Crippen molar-refractivity contribution in [3.63, 3.8) is 0 Å². The van der Waals surface area contributed by atoms with Gasteiger partial charge in [-0.2, -0.15) is 0 Å². The standard InChI is InChI=1S/C49H29N3S/c1-3-14-30(15-4-1)49-50-47-38-23-11-16-31-28-33(29-39(44(31)38)48(47)53-49)52-41-25-10-8-20-37(41)46-35(22-13-27-43(46)52)34-21-12-26-42-45(34)36-19-7-9-24-40(36)51(42)32-17-5-2-6-18-32/h1-29H. The van der Waals surface area contributed by atoms with Gasteiger partial charge in [0.15, 0.2) is 0 Å². The van der Waals surface area contributed by atoms with Crippen molar-refractivity contribution in [1.29, 1.82) is 0 Å². The predicted molar refractivity (Wildman–Crippen MR) is 224 cm³/mol. The molecule has 11 aromatic rings. The summed E-state index contributed by atoms with van der Waals surface area (Å²) in [4.78, 5) is 6.47. The summed E-state index contributed by atoms with van der Waals surface area (Å²) >= 11 is 1.80. The number of para-hydroxylation sites is 3. The van der Waals surface area contributed by atoms with Crippen LogP contribution in [0.25, 0.3) is 109 Å². The Bertz CT molecular complexity index is 3270. The molecule has 0 aliphatic heterocycles. The van der Waals surface area contributed by atoms with Crippen LogP contribution in [0.1, 0.15) is 0 Å². The van der Waals surface area contributed by atoms with Gasteiger partial charge in [0.25, 0.3) is 0 Å². The Kier molecular flexibility index (Phi) is 5.93. The van der Waals surface area contributed by atoms with Crippen LogP contribution in [0.2, 0.25) is 0 Å². The number of benzene rings is 8. The van der Waals surface area contributed by atoms with Gasteiger partial charge >= 0.3 is 0 Å². The first-order chi connectivity index (χ1) is 26.3. The lowest BCUT2D eigenvalue weighted by Crippen LogP contribution is -1.95. The predicted octanol–water partition coefficient (Wildman–Crippen LogP) is 13.5. The van der Waals surface area contributed by atoms with E-state index in [1.165, 1.54) is 87.2 Å². The molecule has 3 nitrogen and oxygen atoms in total. The number of hydrogen-bond acceptors (Lipinski definition) is 2. The summed E-state index contributed by atoms with van der Waals surface area (Å²) in [7, 11) is 0. The molecule has 3 aromatic heterocycles. The van der Waals surface area contributed by atoms with Crippen molar-refractivity contribution < 1.29 is 0 Å². The Hall–Kier alpha value is -6.75. The minimum Gasteiger partial charge on any atom is -0.309 e. The third-order valence-electron chi connectivity index (χ3n) is 11.1. The highest BCUT2D eigenvalue weighted by Gasteiger charge is 2.28. The summed E-state index contributed by atoms with van der Waals surface area (Å²) in [6.07, 6.45) is 0. The summed E-state index contributed by atoms with van der Waals surface area (Å²) in [5.74, 6) is 0. The molecule has 0 radical (unpaired) electrons. The summed E-state index contributed by atoms with van der Waals surface area (Å²) in [6.45, 7) is 0. The summed E-state index contributed by atoms with van der Waals surface area (Å²) in [5, 5.41) is 8.64. The van der Waals surface area contributed by atoms with E-state index in [1.54, 1.807) is 11.3 Å². The van der Waals surface area contributed by atoms with Crippen LogP contribution in [0.15, 0.2) is 176 Å². The number of aromatic nitrogens is 3. The van der Waals surface area contributed by atoms with Gasteiger partial charge in [-0.05, 0) is 70.4 Å². The largest absolute Gasteiger partial charge is 0.309 e. The number of nitrogens with zero attached hydrogens (tertiary/aromatic N) is 3. The second kappa shape index (κ2) is 10.9. The average molecular weight is 692 g/mol. The number of fused-ring (bicyclic) bond motifs is 9. The Morgan fingerprint density at radius 1 is 0.396 bits per heavy atom. The van der Waals surface area contributed by atoms with Crippen LogP contribution in [0, 0.1) is 0 Å². The third kappa shape index (κ3) is 4.01. The highest BCUT2D eigenvalue weighted by atomic mass is 32.1. The smallest absolute Gasteiger partial charge is 0.124 e. The molecule has 0 amide bonds. The second-order valence-corrected chi connectivity index (χ2v) is 14.9. The minimum atomic E-state index is 1.06. The molecule has 0 fully saturated rings. The molecule has 0 bridgehead atoms. The number of thiazole rings is 1. The summed E-state index contributed by atoms with van der Waals surface area (Å²) in [5.41, 5.74) is 14.4. The molecule has 0 saturated heterocycles. The number of hydrogen-bond donors (Lipinski definition) is 0. The lowest BCUT2D eigenvalue weighted by Gasteiger charge is -2.12.